The highest BCUT2D eigenvalue weighted by molar-refractivity contribution is 7.09. The van der Waals surface area contributed by atoms with Crippen LogP contribution in [0.15, 0.2) is 53.7 Å². The van der Waals surface area contributed by atoms with Gasteiger partial charge in [-0.1, -0.05) is 35.3 Å². The standard InChI is InChI=1S/C24H23Cl2N3O3S/c1-15-13-29(24(33-15)28-23(31)20-9-8-18(25)11-21(20)26)14-16-4-6-17(7-5-16)22(30)27-12-19-3-2-10-32-19/h4-9,11,13,19H,2-3,10,12,14H2,1H3,(H,27,30). The van der Waals surface area contributed by atoms with E-state index in [1.165, 1.54) is 17.4 Å². The Bertz CT molecular complexity index is 1230. The molecule has 0 radical (unpaired) electrons. The lowest BCUT2D eigenvalue weighted by molar-refractivity contribution is 0.0857. The molecule has 1 aromatic heterocycles. The number of carbonyl (C=O) groups is 2. The van der Waals surface area contributed by atoms with Gasteiger partial charge in [-0.25, -0.2) is 0 Å². The van der Waals surface area contributed by atoms with Crippen LogP contribution in [0.1, 0.15) is 44.0 Å². The van der Waals surface area contributed by atoms with Crippen molar-refractivity contribution in [1.29, 1.82) is 0 Å². The Morgan fingerprint density at radius 1 is 1.21 bits per heavy atom. The molecule has 1 fully saturated rings. The van der Waals surface area contributed by atoms with Crippen LogP contribution in [-0.2, 0) is 11.3 Å². The van der Waals surface area contributed by atoms with Crippen molar-refractivity contribution in [3.05, 3.63) is 85.1 Å². The molecule has 6 nitrogen and oxygen atoms in total. The van der Waals surface area contributed by atoms with Crippen molar-refractivity contribution in [2.75, 3.05) is 13.2 Å². The van der Waals surface area contributed by atoms with Crippen LogP contribution in [0.5, 0.6) is 0 Å². The number of carbonyl (C=O) groups excluding carboxylic acids is 2. The number of benzene rings is 2. The third-order valence-electron chi connectivity index (χ3n) is 5.28. The van der Waals surface area contributed by atoms with Crippen LogP contribution in [0.25, 0.3) is 0 Å². The van der Waals surface area contributed by atoms with Crippen molar-refractivity contribution >= 4 is 46.4 Å². The van der Waals surface area contributed by atoms with E-state index in [1.807, 2.05) is 29.8 Å². The van der Waals surface area contributed by atoms with E-state index in [0.29, 0.717) is 34.0 Å². The molecule has 0 saturated carbocycles. The predicted molar refractivity (Wildman–Crippen MR) is 130 cm³/mol. The first-order valence-corrected chi connectivity index (χ1v) is 12.2. The van der Waals surface area contributed by atoms with E-state index in [2.05, 4.69) is 10.3 Å². The van der Waals surface area contributed by atoms with Gasteiger partial charge in [0.15, 0.2) is 4.80 Å². The number of halogens is 2. The normalized spacial score (nSPS) is 16.2. The van der Waals surface area contributed by atoms with E-state index < -0.39 is 5.91 Å². The molecular weight excluding hydrogens is 481 g/mol. The van der Waals surface area contributed by atoms with Gasteiger partial charge in [0.2, 0.25) is 0 Å². The number of nitrogens with one attached hydrogen (secondary N) is 1. The zero-order chi connectivity index (χ0) is 23.4. The van der Waals surface area contributed by atoms with Crippen molar-refractivity contribution in [2.45, 2.75) is 32.4 Å². The molecule has 2 amide bonds. The number of hydrogen-bond acceptors (Lipinski definition) is 4. The summed E-state index contributed by atoms with van der Waals surface area (Å²) in [4.78, 5) is 31.0. The summed E-state index contributed by atoms with van der Waals surface area (Å²) >= 11 is 13.5. The number of amides is 2. The quantitative estimate of drug-likeness (QED) is 0.521. The predicted octanol–water partition coefficient (Wildman–Crippen LogP) is 4.86. The molecule has 1 saturated heterocycles. The van der Waals surface area contributed by atoms with Gasteiger partial charge < -0.3 is 14.6 Å². The molecule has 1 atom stereocenters. The summed E-state index contributed by atoms with van der Waals surface area (Å²) in [5.74, 6) is -0.539. The fraction of sp³-hybridized carbons (Fsp3) is 0.292. The molecular formula is C24H23Cl2N3O3S. The lowest BCUT2D eigenvalue weighted by Crippen LogP contribution is -2.31. The van der Waals surface area contributed by atoms with Crippen molar-refractivity contribution < 1.29 is 14.3 Å². The van der Waals surface area contributed by atoms with E-state index in [0.717, 1.165) is 29.9 Å². The molecule has 33 heavy (non-hydrogen) atoms. The van der Waals surface area contributed by atoms with Crippen LogP contribution in [0.2, 0.25) is 10.0 Å². The zero-order valence-electron chi connectivity index (χ0n) is 18.0. The van der Waals surface area contributed by atoms with E-state index in [9.17, 15) is 9.59 Å². The smallest absolute Gasteiger partial charge is 0.281 e. The maximum absolute atomic E-state index is 12.7. The molecule has 0 bridgehead atoms. The number of nitrogens with zero attached hydrogens (tertiary/aromatic N) is 2. The van der Waals surface area contributed by atoms with Crippen LogP contribution < -0.4 is 10.1 Å². The maximum Gasteiger partial charge on any atom is 0.281 e. The van der Waals surface area contributed by atoms with E-state index in [4.69, 9.17) is 27.9 Å². The molecule has 4 rings (SSSR count). The third-order valence-corrected chi connectivity index (χ3v) is 6.76. The van der Waals surface area contributed by atoms with Gasteiger partial charge in [-0.15, -0.1) is 11.3 Å². The molecule has 2 aromatic carbocycles. The first kappa shape index (κ1) is 23.7. The summed E-state index contributed by atoms with van der Waals surface area (Å²) in [7, 11) is 0. The summed E-state index contributed by atoms with van der Waals surface area (Å²) in [6.07, 6.45) is 4.08. The highest BCUT2D eigenvalue weighted by Crippen LogP contribution is 2.21. The minimum atomic E-state index is -0.425. The summed E-state index contributed by atoms with van der Waals surface area (Å²) in [5, 5.41) is 3.66. The number of aryl methyl sites for hydroxylation is 1. The second-order valence-corrected chi connectivity index (χ2v) is 9.89. The lowest BCUT2D eigenvalue weighted by Gasteiger charge is -2.11. The second kappa shape index (κ2) is 10.7. The molecule has 1 aliphatic rings. The second-order valence-electron chi connectivity index (χ2n) is 7.84. The van der Waals surface area contributed by atoms with Gasteiger partial charge in [0.05, 0.1) is 16.7 Å². The van der Waals surface area contributed by atoms with Gasteiger partial charge in [-0.05, 0) is 55.7 Å². The van der Waals surface area contributed by atoms with Gasteiger partial charge in [-0.2, -0.15) is 4.99 Å². The van der Waals surface area contributed by atoms with Crippen molar-refractivity contribution in [1.82, 2.24) is 9.88 Å². The van der Waals surface area contributed by atoms with Gasteiger partial charge in [0.1, 0.15) is 0 Å². The molecule has 172 valence electrons. The topological polar surface area (TPSA) is 72.7 Å². The Morgan fingerprint density at radius 2 is 2.00 bits per heavy atom. The van der Waals surface area contributed by atoms with Gasteiger partial charge in [0, 0.05) is 41.4 Å². The summed E-state index contributed by atoms with van der Waals surface area (Å²) in [6.45, 7) is 3.77. The first-order valence-electron chi connectivity index (χ1n) is 10.6. The lowest BCUT2D eigenvalue weighted by atomic mass is 10.1. The third kappa shape index (κ3) is 6.12. The number of aromatic nitrogens is 1. The van der Waals surface area contributed by atoms with E-state index in [1.54, 1.807) is 24.3 Å². The minimum Gasteiger partial charge on any atom is -0.376 e. The average Bonchev–Trinajstić information content (AvgIpc) is 3.42. The highest BCUT2D eigenvalue weighted by Gasteiger charge is 2.17. The van der Waals surface area contributed by atoms with Gasteiger partial charge in [-0.3, -0.25) is 9.59 Å². The molecule has 1 aliphatic heterocycles. The molecule has 1 unspecified atom stereocenters. The highest BCUT2D eigenvalue weighted by atomic mass is 35.5. The van der Waals surface area contributed by atoms with E-state index in [-0.39, 0.29) is 17.0 Å². The minimum absolute atomic E-state index is 0.110. The Balaban J connectivity index is 1.46. The Labute approximate surface area is 205 Å². The van der Waals surface area contributed by atoms with Crippen LogP contribution in [0.3, 0.4) is 0 Å². The summed E-state index contributed by atoms with van der Waals surface area (Å²) in [6, 6.07) is 12.1. The number of ether oxygens (including phenoxy) is 1. The van der Waals surface area contributed by atoms with Crippen LogP contribution in [-0.4, -0.2) is 35.6 Å². The van der Waals surface area contributed by atoms with Crippen molar-refractivity contribution in [3.8, 4) is 0 Å². The maximum atomic E-state index is 12.7. The first-order chi connectivity index (χ1) is 15.9. The average molecular weight is 504 g/mol. The Kier molecular flexibility index (Phi) is 7.65. The number of thiazole rings is 1. The molecule has 0 spiro atoms. The summed E-state index contributed by atoms with van der Waals surface area (Å²) in [5.41, 5.74) is 1.89. The Hall–Kier alpha value is -2.45. The SMILES string of the molecule is Cc1cn(Cc2ccc(C(=O)NCC3CCCO3)cc2)c(=NC(=O)c2ccc(Cl)cc2Cl)s1. The van der Waals surface area contributed by atoms with E-state index >= 15 is 0 Å². The van der Waals surface area contributed by atoms with Crippen molar-refractivity contribution in [2.24, 2.45) is 4.99 Å². The Morgan fingerprint density at radius 3 is 2.70 bits per heavy atom. The van der Waals surface area contributed by atoms with Crippen LogP contribution in [0.4, 0.5) is 0 Å². The van der Waals surface area contributed by atoms with Gasteiger partial charge >= 0.3 is 0 Å². The monoisotopic (exact) mass is 503 g/mol. The summed E-state index contributed by atoms with van der Waals surface area (Å²) < 4.78 is 7.45. The molecule has 3 aromatic rings. The molecule has 9 heteroatoms. The molecule has 0 aliphatic carbocycles. The molecule has 2 heterocycles. The fourth-order valence-electron chi connectivity index (χ4n) is 3.59. The number of hydrogen-bond donors (Lipinski definition) is 1. The largest absolute Gasteiger partial charge is 0.376 e. The fourth-order valence-corrected chi connectivity index (χ4v) is 4.91. The van der Waals surface area contributed by atoms with Crippen molar-refractivity contribution in [3.63, 3.8) is 0 Å². The van der Waals surface area contributed by atoms with Crippen LogP contribution in [0, 0.1) is 6.92 Å². The molecule has 1 N–H and O–H groups in total. The number of rotatable bonds is 6. The van der Waals surface area contributed by atoms with Crippen LogP contribution >= 0.6 is 34.5 Å². The van der Waals surface area contributed by atoms with Gasteiger partial charge in [0.25, 0.3) is 11.8 Å². The zero-order valence-corrected chi connectivity index (χ0v) is 20.3.